The highest BCUT2D eigenvalue weighted by atomic mass is 32.2. The van der Waals surface area contributed by atoms with Crippen LogP contribution in [0.15, 0.2) is 47.6 Å². The molecule has 2 aliphatic heterocycles. The van der Waals surface area contributed by atoms with E-state index >= 15 is 0 Å². The highest BCUT2D eigenvalue weighted by Crippen LogP contribution is 2.52. The number of aromatic nitrogens is 2. The number of alkyl halides is 3. The number of nitrogens with zero attached hydrogens (tertiary/aromatic N) is 3. The second-order valence-corrected chi connectivity index (χ2v) is 15.9. The van der Waals surface area contributed by atoms with Crippen LogP contribution in [-0.4, -0.2) is 53.1 Å². The Labute approximate surface area is 265 Å². The maximum atomic E-state index is 14.0. The number of amides is 1. The second kappa shape index (κ2) is 11.4. The number of benzene rings is 2. The molecule has 0 spiro atoms. The van der Waals surface area contributed by atoms with E-state index in [-0.39, 0.29) is 15.9 Å². The molecule has 1 atom stereocenters. The summed E-state index contributed by atoms with van der Waals surface area (Å²) in [6.45, 7) is 11.8. The van der Waals surface area contributed by atoms with Crippen molar-refractivity contribution in [3.8, 4) is 5.75 Å². The molecule has 0 saturated carbocycles. The molecule has 1 aromatic heterocycles. The van der Waals surface area contributed by atoms with E-state index in [1.807, 2.05) is 20.8 Å². The first kappa shape index (κ1) is 33.0. The Morgan fingerprint density at radius 2 is 1.73 bits per heavy atom. The summed E-state index contributed by atoms with van der Waals surface area (Å²) >= 11 is 0.900. The number of hydrogen-bond donors (Lipinski definition) is 1. The minimum Gasteiger partial charge on any atom is -0.487 e. The van der Waals surface area contributed by atoms with Gasteiger partial charge in [0.2, 0.25) is 5.13 Å². The predicted octanol–water partition coefficient (Wildman–Crippen LogP) is 7.34. The number of likely N-dealkylation sites (tertiary alicyclic amines) is 1. The van der Waals surface area contributed by atoms with Gasteiger partial charge in [-0.15, -0.1) is 0 Å². The lowest BCUT2D eigenvalue weighted by molar-refractivity contribution is -0.137. The number of carbonyl (C=O) groups excluding carboxylic acids is 1. The summed E-state index contributed by atoms with van der Waals surface area (Å²) in [6.07, 6.45) is -2.38. The van der Waals surface area contributed by atoms with Crippen molar-refractivity contribution in [2.45, 2.75) is 94.4 Å². The molecule has 1 fully saturated rings. The Kier molecular flexibility index (Phi) is 8.39. The van der Waals surface area contributed by atoms with Gasteiger partial charge in [0, 0.05) is 48.1 Å². The Balaban J connectivity index is 1.55. The van der Waals surface area contributed by atoms with E-state index in [0.717, 1.165) is 17.6 Å². The van der Waals surface area contributed by atoms with Crippen LogP contribution >= 0.6 is 11.5 Å². The zero-order valence-corrected chi connectivity index (χ0v) is 27.6. The van der Waals surface area contributed by atoms with Gasteiger partial charge in [-0.1, -0.05) is 19.1 Å². The average molecular weight is 667 g/mol. The van der Waals surface area contributed by atoms with E-state index in [1.165, 1.54) is 24.5 Å². The van der Waals surface area contributed by atoms with Gasteiger partial charge in [-0.3, -0.25) is 4.72 Å². The zero-order chi connectivity index (χ0) is 33.0. The van der Waals surface area contributed by atoms with Gasteiger partial charge in [0.15, 0.2) is 0 Å². The van der Waals surface area contributed by atoms with Gasteiger partial charge in [-0.05, 0) is 82.7 Å². The smallest absolute Gasteiger partial charge is 0.416 e. The molecular formula is C31H37F3N4O5S2. The number of ether oxygens (including phenoxy) is 2. The van der Waals surface area contributed by atoms with Crippen molar-refractivity contribution in [3.05, 3.63) is 65.0 Å². The molecule has 5 rings (SSSR count). The Morgan fingerprint density at radius 3 is 2.33 bits per heavy atom. The molecule has 0 radical (unpaired) electrons. The van der Waals surface area contributed by atoms with Gasteiger partial charge < -0.3 is 14.4 Å². The normalized spacial score (nSPS) is 20.7. The lowest BCUT2D eigenvalue weighted by atomic mass is 9.65. The van der Waals surface area contributed by atoms with Crippen LogP contribution in [0.3, 0.4) is 0 Å². The minimum atomic E-state index is -4.54. The monoisotopic (exact) mass is 666 g/mol. The van der Waals surface area contributed by atoms with Crippen molar-refractivity contribution in [1.82, 2.24) is 14.3 Å². The topological polar surface area (TPSA) is 111 Å². The van der Waals surface area contributed by atoms with Gasteiger partial charge in [-0.2, -0.15) is 17.5 Å². The molecule has 244 valence electrons. The van der Waals surface area contributed by atoms with Crippen LogP contribution in [0.4, 0.5) is 23.1 Å². The number of hydrogen-bond acceptors (Lipinski definition) is 8. The molecule has 45 heavy (non-hydrogen) atoms. The first-order valence-electron chi connectivity index (χ1n) is 14.6. The van der Waals surface area contributed by atoms with Crippen LogP contribution in [0, 0.1) is 0 Å². The summed E-state index contributed by atoms with van der Waals surface area (Å²) in [7, 11) is -4.02. The summed E-state index contributed by atoms with van der Waals surface area (Å²) in [6, 6.07) is 8.47. The van der Waals surface area contributed by atoms with E-state index in [4.69, 9.17) is 9.47 Å². The van der Waals surface area contributed by atoms with Crippen LogP contribution < -0.4 is 9.46 Å². The van der Waals surface area contributed by atoms with Crippen LogP contribution in [0.25, 0.3) is 0 Å². The maximum Gasteiger partial charge on any atom is 0.416 e. The van der Waals surface area contributed by atoms with Crippen molar-refractivity contribution in [1.29, 1.82) is 0 Å². The summed E-state index contributed by atoms with van der Waals surface area (Å²) < 4.78 is 86.4. The third-order valence-electron chi connectivity index (χ3n) is 8.17. The first-order valence-corrected chi connectivity index (χ1v) is 16.9. The standard InChI is InChI=1S/C31H37F3N4O5S2/c1-28(2,3)43-27(39)38-13-11-19(12-14-38)22-15-20(31(32,33)34)7-9-23(22)30(6)17-29(4,5)42-25-16-21(8-10-24(25)30)45(40,41)37-26-35-18-36-44-26/h7-10,15-16,18-19H,11-14,17H2,1-6H3,(H,35,36,37). The fourth-order valence-corrected chi connectivity index (χ4v) is 8.08. The molecular weight excluding hydrogens is 629 g/mol. The molecule has 3 heterocycles. The molecule has 3 aromatic rings. The summed E-state index contributed by atoms with van der Waals surface area (Å²) in [5, 5.41) is 0.117. The lowest BCUT2D eigenvalue weighted by Gasteiger charge is -2.46. The molecule has 2 aliphatic rings. The molecule has 2 aromatic carbocycles. The molecule has 1 N–H and O–H groups in total. The third-order valence-corrected chi connectivity index (χ3v) is 10.2. The summed E-state index contributed by atoms with van der Waals surface area (Å²) in [4.78, 5) is 18.1. The van der Waals surface area contributed by atoms with Gasteiger partial charge >= 0.3 is 12.3 Å². The molecule has 9 nitrogen and oxygen atoms in total. The van der Waals surface area contributed by atoms with E-state index in [0.29, 0.717) is 54.8 Å². The highest BCUT2D eigenvalue weighted by Gasteiger charge is 2.46. The minimum absolute atomic E-state index is 0.0429. The third kappa shape index (κ3) is 7.06. The van der Waals surface area contributed by atoms with Gasteiger partial charge in [-0.25, -0.2) is 18.2 Å². The molecule has 14 heteroatoms. The Hall–Kier alpha value is -3.39. The fourth-order valence-electron chi connectivity index (χ4n) is 6.40. The number of sulfonamides is 1. The van der Waals surface area contributed by atoms with Crippen molar-refractivity contribution < 1.29 is 35.9 Å². The SMILES string of the molecule is CC(C)(C)OC(=O)N1CCC(c2cc(C(F)(F)F)ccc2C2(C)CC(C)(C)Oc3cc(S(=O)(=O)Nc4ncns4)ccc32)CC1. The fraction of sp³-hybridized carbons (Fsp3) is 0.516. The van der Waals surface area contributed by atoms with Gasteiger partial charge in [0.05, 0.1) is 10.5 Å². The van der Waals surface area contributed by atoms with E-state index in [2.05, 4.69) is 14.1 Å². The van der Waals surface area contributed by atoms with Gasteiger partial charge in [0.25, 0.3) is 10.0 Å². The average Bonchev–Trinajstić information content (AvgIpc) is 3.43. The van der Waals surface area contributed by atoms with Crippen LogP contribution in [0.2, 0.25) is 0 Å². The van der Waals surface area contributed by atoms with E-state index in [9.17, 15) is 26.4 Å². The van der Waals surface area contributed by atoms with Crippen LogP contribution in [-0.2, 0) is 26.4 Å². The second-order valence-electron chi connectivity index (χ2n) is 13.4. The largest absolute Gasteiger partial charge is 0.487 e. The highest BCUT2D eigenvalue weighted by molar-refractivity contribution is 7.93. The maximum absolute atomic E-state index is 14.0. The van der Waals surface area contributed by atoms with Gasteiger partial charge in [0.1, 0.15) is 23.3 Å². The van der Waals surface area contributed by atoms with Crippen molar-refractivity contribution in [2.24, 2.45) is 0 Å². The molecule has 1 unspecified atom stereocenters. The first-order chi connectivity index (χ1) is 20.8. The molecule has 0 aliphatic carbocycles. The Morgan fingerprint density at radius 1 is 1.07 bits per heavy atom. The number of carbonyl (C=O) groups is 1. The lowest BCUT2D eigenvalue weighted by Crippen LogP contribution is -2.44. The number of nitrogens with one attached hydrogen (secondary N) is 1. The Bertz CT molecular complexity index is 1680. The molecule has 1 amide bonds. The quantitative estimate of drug-likeness (QED) is 0.303. The molecule has 0 bridgehead atoms. The summed E-state index contributed by atoms with van der Waals surface area (Å²) in [5.74, 6) is 0.0856. The number of halogens is 3. The summed E-state index contributed by atoms with van der Waals surface area (Å²) in [5.41, 5.74) is -1.06. The number of piperidine rings is 1. The number of rotatable bonds is 5. The van der Waals surface area contributed by atoms with Crippen LogP contribution in [0.1, 0.15) is 89.0 Å². The predicted molar refractivity (Wildman–Crippen MR) is 164 cm³/mol. The van der Waals surface area contributed by atoms with Crippen molar-refractivity contribution in [3.63, 3.8) is 0 Å². The van der Waals surface area contributed by atoms with E-state index in [1.54, 1.807) is 37.8 Å². The number of anilines is 1. The van der Waals surface area contributed by atoms with Crippen LogP contribution in [0.5, 0.6) is 5.75 Å². The van der Waals surface area contributed by atoms with Crippen molar-refractivity contribution in [2.75, 3.05) is 17.8 Å². The zero-order valence-electron chi connectivity index (χ0n) is 26.0. The van der Waals surface area contributed by atoms with E-state index < -0.39 is 44.5 Å². The molecule has 1 saturated heterocycles. The van der Waals surface area contributed by atoms with Crippen molar-refractivity contribution >= 4 is 32.8 Å². The number of fused-ring (bicyclic) bond motifs is 1.